The summed E-state index contributed by atoms with van der Waals surface area (Å²) in [4.78, 5) is 12.8. The van der Waals surface area contributed by atoms with Crippen LogP contribution in [0.2, 0.25) is 0 Å². The van der Waals surface area contributed by atoms with E-state index in [1.165, 1.54) is 21.8 Å². The van der Waals surface area contributed by atoms with Crippen LogP contribution in [0.25, 0.3) is 21.8 Å². The molecule has 1 saturated carbocycles. The molecule has 1 aliphatic carbocycles. The van der Waals surface area contributed by atoms with Gasteiger partial charge in [0.05, 0.1) is 0 Å². The summed E-state index contributed by atoms with van der Waals surface area (Å²) in [6.07, 6.45) is 0. The highest BCUT2D eigenvalue weighted by molar-refractivity contribution is 6.10. The number of nitrogens with one attached hydrogen (secondary N) is 1. The predicted molar refractivity (Wildman–Crippen MR) is 105 cm³/mol. The second-order valence-corrected chi connectivity index (χ2v) is 8.36. The monoisotopic (exact) mass is 334 g/mol. The number of rotatable bonds is 3. The molecule has 3 aromatic rings. The van der Waals surface area contributed by atoms with Crippen LogP contribution in [0.15, 0.2) is 42.5 Å². The Labute approximate surface area is 149 Å². The third-order valence-electron chi connectivity index (χ3n) is 6.64. The maximum Gasteiger partial charge on any atom is 0.228 e. The van der Waals surface area contributed by atoms with Gasteiger partial charge in [-0.05, 0) is 42.0 Å². The van der Waals surface area contributed by atoms with Crippen LogP contribution in [0.3, 0.4) is 0 Å². The predicted octanol–water partition coefficient (Wildman–Crippen LogP) is 5.44. The van der Waals surface area contributed by atoms with Crippen molar-refractivity contribution in [2.24, 2.45) is 16.7 Å². The minimum Gasteiger partial charge on any atom is -0.341 e. The number of hydrogen-bond acceptors (Lipinski definition) is 1. The van der Waals surface area contributed by atoms with E-state index in [1.807, 2.05) is 6.07 Å². The van der Waals surface area contributed by atoms with Crippen molar-refractivity contribution in [2.75, 3.05) is 5.32 Å². The number of amides is 1. The van der Waals surface area contributed by atoms with E-state index in [0.29, 0.717) is 0 Å². The molecule has 1 amide bonds. The van der Waals surface area contributed by atoms with Crippen molar-refractivity contribution >= 4 is 33.4 Å². The first-order chi connectivity index (χ1) is 11.8. The van der Waals surface area contributed by atoms with Crippen molar-refractivity contribution in [3.63, 3.8) is 0 Å². The number of para-hydroxylation sites is 1. The van der Waals surface area contributed by atoms with E-state index in [0.717, 1.165) is 12.2 Å². The average Bonchev–Trinajstić information content (AvgIpc) is 2.85. The fourth-order valence-corrected chi connectivity index (χ4v) is 4.54. The van der Waals surface area contributed by atoms with Crippen molar-refractivity contribution < 1.29 is 4.79 Å². The summed E-state index contributed by atoms with van der Waals surface area (Å²) in [5.41, 5.74) is 3.45. The van der Waals surface area contributed by atoms with Gasteiger partial charge in [0.25, 0.3) is 0 Å². The molecule has 1 aliphatic rings. The molecule has 130 valence electrons. The van der Waals surface area contributed by atoms with Gasteiger partial charge in [0.1, 0.15) is 0 Å². The van der Waals surface area contributed by atoms with Gasteiger partial charge < -0.3 is 9.88 Å². The summed E-state index contributed by atoms with van der Waals surface area (Å²) in [5, 5.41) is 5.59. The van der Waals surface area contributed by atoms with Gasteiger partial charge in [0, 0.05) is 40.0 Å². The first-order valence-corrected chi connectivity index (χ1v) is 9.11. The Morgan fingerprint density at radius 1 is 1.00 bits per heavy atom. The number of carbonyl (C=O) groups excluding carboxylic acids is 1. The van der Waals surface area contributed by atoms with E-state index in [1.54, 1.807) is 0 Å². The first-order valence-electron chi connectivity index (χ1n) is 9.11. The van der Waals surface area contributed by atoms with Gasteiger partial charge in [-0.3, -0.25) is 4.79 Å². The Balaban J connectivity index is 1.73. The molecule has 0 bridgehead atoms. The third kappa shape index (κ3) is 2.14. The van der Waals surface area contributed by atoms with Crippen LogP contribution in [0.4, 0.5) is 5.69 Å². The molecular formula is C22H26N2O. The number of fused-ring (bicyclic) bond motifs is 3. The van der Waals surface area contributed by atoms with Gasteiger partial charge in [-0.2, -0.15) is 0 Å². The van der Waals surface area contributed by atoms with Crippen molar-refractivity contribution in [2.45, 2.75) is 41.2 Å². The number of benzene rings is 2. The van der Waals surface area contributed by atoms with Crippen molar-refractivity contribution in [3.8, 4) is 0 Å². The van der Waals surface area contributed by atoms with Crippen molar-refractivity contribution in [3.05, 3.63) is 42.5 Å². The summed E-state index contributed by atoms with van der Waals surface area (Å²) < 4.78 is 2.32. The van der Waals surface area contributed by atoms with E-state index in [2.05, 4.69) is 80.9 Å². The van der Waals surface area contributed by atoms with E-state index < -0.39 is 0 Å². The number of nitrogens with zero attached hydrogens (tertiary/aromatic N) is 1. The number of aryl methyl sites for hydroxylation is 1. The summed E-state index contributed by atoms with van der Waals surface area (Å²) in [6, 6.07) is 14.7. The van der Waals surface area contributed by atoms with Crippen LogP contribution in [-0.2, 0) is 11.3 Å². The molecule has 1 fully saturated rings. The largest absolute Gasteiger partial charge is 0.341 e. The Morgan fingerprint density at radius 3 is 2.28 bits per heavy atom. The molecule has 0 aliphatic heterocycles. The lowest BCUT2D eigenvalue weighted by Crippen LogP contribution is -2.17. The smallest absolute Gasteiger partial charge is 0.228 e. The number of anilines is 1. The van der Waals surface area contributed by atoms with E-state index in [9.17, 15) is 4.79 Å². The maximum atomic E-state index is 12.8. The number of hydrogen-bond donors (Lipinski definition) is 1. The summed E-state index contributed by atoms with van der Waals surface area (Å²) in [6.45, 7) is 11.8. The second kappa shape index (κ2) is 5.10. The summed E-state index contributed by atoms with van der Waals surface area (Å²) in [5.74, 6) is 0.196. The molecule has 2 aromatic carbocycles. The SMILES string of the molecule is CCn1c2ccccc2c2cc(NC(=O)C3C(C)(C)C3(C)C)ccc21. The topological polar surface area (TPSA) is 34.0 Å². The standard InChI is InChI=1S/C22H26N2O/c1-6-24-17-10-8-7-9-15(17)16-13-14(11-12-18(16)24)23-20(25)19-21(2,3)22(19,4)5/h7-13,19H,6H2,1-5H3,(H,23,25). The lowest BCUT2D eigenvalue weighted by Gasteiger charge is -2.08. The molecule has 0 atom stereocenters. The molecule has 1 heterocycles. The van der Waals surface area contributed by atoms with Crippen LogP contribution in [0.5, 0.6) is 0 Å². The van der Waals surface area contributed by atoms with Gasteiger partial charge in [-0.15, -0.1) is 0 Å². The van der Waals surface area contributed by atoms with Gasteiger partial charge in [-0.1, -0.05) is 45.9 Å². The molecule has 3 nitrogen and oxygen atoms in total. The van der Waals surface area contributed by atoms with Gasteiger partial charge >= 0.3 is 0 Å². The molecule has 0 saturated heterocycles. The minimum absolute atomic E-state index is 0.0550. The zero-order valence-electron chi connectivity index (χ0n) is 15.7. The molecule has 0 spiro atoms. The highest BCUT2D eigenvalue weighted by Gasteiger charge is 2.68. The highest BCUT2D eigenvalue weighted by Crippen LogP contribution is 2.68. The minimum atomic E-state index is 0.0550. The molecule has 4 rings (SSSR count). The summed E-state index contributed by atoms with van der Waals surface area (Å²) >= 11 is 0. The van der Waals surface area contributed by atoms with Crippen LogP contribution in [-0.4, -0.2) is 10.5 Å². The van der Waals surface area contributed by atoms with Gasteiger partial charge in [0.15, 0.2) is 0 Å². The van der Waals surface area contributed by atoms with Crippen LogP contribution in [0.1, 0.15) is 34.6 Å². The Kier molecular flexibility index (Phi) is 3.31. The van der Waals surface area contributed by atoms with E-state index in [-0.39, 0.29) is 22.7 Å². The summed E-state index contributed by atoms with van der Waals surface area (Å²) in [7, 11) is 0. The Hall–Kier alpha value is -2.29. The number of carbonyl (C=O) groups is 1. The van der Waals surface area contributed by atoms with Gasteiger partial charge in [0.2, 0.25) is 5.91 Å². The lowest BCUT2D eigenvalue weighted by molar-refractivity contribution is -0.118. The van der Waals surface area contributed by atoms with Crippen LogP contribution in [0, 0.1) is 16.7 Å². The second-order valence-electron chi connectivity index (χ2n) is 8.36. The Bertz CT molecular complexity index is 980. The van der Waals surface area contributed by atoms with Crippen molar-refractivity contribution in [1.29, 1.82) is 0 Å². The molecule has 0 unspecified atom stereocenters. The average molecular weight is 334 g/mol. The quantitative estimate of drug-likeness (QED) is 0.680. The van der Waals surface area contributed by atoms with E-state index in [4.69, 9.17) is 0 Å². The fraction of sp³-hybridized carbons (Fsp3) is 0.409. The molecule has 3 heteroatoms. The lowest BCUT2D eigenvalue weighted by atomic mass is 10.0. The zero-order valence-corrected chi connectivity index (χ0v) is 15.7. The normalized spacial score (nSPS) is 18.6. The van der Waals surface area contributed by atoms with E-state index >= 15 is 0 Å². The third-order valence-corrected chi connectivity index (χ3v) is 6.64. The molecule has 1 N–H and O–H groups in total. The molecule has 25 heavy (non-hydrogen) atoms. The first kappa shape index (κ1) is 16.2. The zero-order chi connectivity index (χ0) is 18.0. The molecule has 1 aromatic heterocycles. The van der Waals surface area contributed by atoms with Gasteiger partial charge in [-0.25, -0.2) is 0 Å². The molecule has 0 radical (unpaired) electrons. The maximum absolute atomic E-state index is 12.8. The number of aromatic nitrogens is 1. The van der Waals surface area contributed by atoms with Crippen molar-refractivity contribution in [1.82, 2.24) is 4.57 Å². The molecular weight excluding hydrogens is 308 g/mol. The highest BCUT2D eigenvalue weighted by atomic mass is 16.2. The van der Waals surface area contributed by atoms with Crippen LogP contribution < -0.4 is 5.32 Å². The fourth-order valence-electron chi connectivity index (χ4n) is 4.54. The Morgan fingerprint density at radius 2 is 1.64 bits per heavy atom. The van der Waals surface area contributed by atoms with Crippen LogP contribution >= 0.6 is 0 Å².